The van der Waals surface area contributed by atoms with Gasteiger partial charge in [0.1, 0.15) is 0 Å². The summed E-state index contributed by atoms with van der Waals surface area (Å²) < 4.78 is 11.1. The molecule has 1 aromatic carbocycles. The molecule has 4 nitrogen and oxygen atoms in total. The van der Waals surface area contributed by atoms with Crippen LogP contribution in [0.1, 0.15) is 49.7 Å². The van der Waals surface area contributed by atoms with Crippen LogP contribution in [0, 0.1) is 0 Å². The largest absolute Gasteiger partial charge is 0.465 e. The van der Waals surface area contributed by atoms with Crippen LogP contribution in [-0.4, -0.2) is 21.4 Å². The number of ether oxygens (including phenoxy) is 1. The molecule has 1 atom stereocenters. The van der Waals surface area contributed by atoms with Crippen molar-refractivity contribution < 1.29 is 14.0 Å². The summed E-state index contributed by atoms with van der Waals surface area (Å²) in [5.74, 6) is -0.386. The van der Waals surface area contributed by atoms with E-state index in [1.807, 2.05) is 13.0 Å². The van der Waals surface area contributed by atoms with Gasteiger partial charge in [-0.3, -0.25) is 0 Å². The Morgan fingerprint density at radius 1 is 1.24 bits per heavy atom. The normalized spacial score (nSPS) is 13.9. The zero-order valence-corrected chi connectivity index (χ0v) is 15.1. The summed E-state index contributed by atoms with van der Waals surface area (Å²) in [6.07, 6.45) is -0.113. The van der Waals surface area contributed by atoms with E-state index in [4.69, 9.17) is 14.9 Å². The Morgan fingerprint density at radius 3 is 2.29 bits per heavy atom. The van der Waals surface area contributed by atoms with Crippen molar-refractivity contribution in [2.45, 2.75) is 51.9 Å². The van der Waals surface area contributed by atoms with E-state index < -0.39 is 8.32 Å². The molecule has 1 aromatic rings. The highest BCUT2D eigenvalue weighted by Gasteiger charge is 2.38. The van der Waals surface area contributed by atoms with Crippen LogP contribution in [0.15, 0.2) is 18.2 Å². The monoisotopic (exact) mass is 309 g/mol. The van der Waals surface area contributed by atoms with Crippen molar-refractivity contribution in [2.75, 3.05) is 12.8 Å². The average molecular weight is 309 g/mol. The maximum Gasteiger partial charge on any atom is 0.337 e. The lowest BCUT2D eigenvalue weighted by Gasteiger charge is -2.38. The van der Waals surface area contributed by atoms with Crippen LogP contribution < -0.4 is 5.73 Å². The van der Waals surface area contributed by atoms with E-state index in [1.54, 1.807) is 12.1 Å². The number of carbonyl (C=O) groups excluding carboxylic acids is 1. The maximum atomic E-state index is 11.7. The predicted octanol–water partition coefficient (Wildman–Crippen LogP) is 4.14. The summed E-state index contributed by atoms with van der Waals surface area (Å²) in [6.45, 7) is 13.0. The van der Waals surface area contributed by atoms with Crippen LogP contribution in [0.5, 0.6) is 0 Å². The molecule has 0 saturated carbocycles. The van der Waals surface area contributed by atoms with Crippen molar-refractivity contribution in [3.05, 3.63) is 29.3 Å². The number of anilines is 1. The number of hydrogen-bond acceptors (Lipinski definition) is 4. The molecular formula is C16H27NO3Si. The highest BCUT2D eigenvalue weighted by Crippen LogP contribution is 2.39. The molecule has 0 spiro atoms. The van der Waals surface area contributed by atoms with Crippen LogP contribution in [-0.2, 0) is 9.16 Å². The predicted molar refractivity (Wildman–Crippen MR) is 88.9 cm³/mol. The first kappa shape index (κ1) is 17.7. The highest BCUT2D eigenvalue weighted by molar-refractivity contribution is 6.74. The van der Waals surface area contributed by atoms with Gasteiger partial charge in [0.15, 0.2) is 8.32 Å². The number of methoxy groups -OCH3 is 1. The first-order valence-corrected chi connectivity index (χ1v) is 10.1. The zero-order chi connectivity index (χ0) is 16.4. The maximum absolute atomic E-state index is 11.7. The van der Waals surface area contributed by atoms with Gasteiger partial charge in [0.2, 0.25) is 0 Å². The lowest BCUT2D eigenvalue weighted by molar-refractivity contribution is 0.0600. The molecule has 1 rings (SSSR count). The fourth-order valence-electron chi connectivity index (χ4n) is 1.83. The van der Waals surface area contributed by atoms with Gasteiger partial charge in [-0.05, 0) is 48.8 Å². The van der Waals surface area contributed by atoms with Gasteiger partial charge in [-0.1, -0.05) is 20.8 Å². The van der Waals surface area contributed by atoms with Crippen LogP contribution in [0.4, 0.5) is 5.69 Å². The molecule has 0 fully saturated rings. The average Bonchev–Trinajstić information content (AvgIpc) is 2.35. The van der Waals surface area contributed by atoms with E-state index >= 15 is 0 Å². The first-order valence-electron chi connectivity index (χ1n) is 7.14. The molecule has 0 aliphatic heterocycles. The van der Waals surface area contributed by atoms with E-state index in [0.717, 1.165) is 5.56 Å². The molecule has 0 aliphatic rings. The topological polar surface area (TPSA) is 61.5 Å². The van der Waals surface area contributed by atoms with Crippen molar-refractivity contribution in [2.24, 2.45) is 0 Å². The SMILES string of the molecule is COC(=O)c1cc(N)cc(C(C)O[Si](C)(C)C(C)(C)C)c1. The summed E-state index contributed by atoms with van der Waals surface area (Å²) in [4.78, 5) is 11.7. The van der Waals surface area contributed by atoms with E-state index in [0.29, 0.717) is 11.3 Å². The first-order chi connectivity index (χ1) is 9.48. The van der Waals surface area contributed by atoms with Gasteiger partial charge in [-0.2, -0.15) is 0 Å². The molecule has 0 radical (unpaired) electrons. The second kappa shape index (κ2) is 6.20. The molecule has 0 amide bonds. The van der Waals surface area contributed by atoms with Crippen molar-refractivity contribution >= 4 is 20.0 Å². The third-order valence-electron chi connectivity index (χ3n) is 4.15. The lowest BCUT2D eigenvalue weighted by atomic mass is 10.1. The van der Waals surface area contributed by atoms with Crippen molar-refractivity contribution in [3.63, 3.8) is 0 Å². The Hall–Kier alpha value is -1.33. The van der Waals surface area contributed by atoms with E-state index in [2.05, 4.69) is 33.9 Å². The molecule has 0 saturated heterocycles. The fourth-order valence-corrected chi connectivity index (χ4v) is 3.21. The fraction of sp³-hybridized carbons (Fsp3) is 0.562. The van der Waals surface area contributed by atoms with Gasteiger partial charge in [-0.15, -0.1) is 0 Å². The lowest BCUT2D eigenvalue weighted by Crippen LogP contribution is -2.41. The highest BCUT2D eigenvalue weighted by atomic mass is 28.4. The number of hydrogen-bond donors (Lipinski definition) is 1. The van der Waals surface area contributed by atoms with Gasteiger partial charge >= 0.3 is 5.97 Å². The van der Waals surface area contributed by atoms with Crippen LogP contribution >= 0.6 is 0 Å². The Bertz CT molecular complexity index is 521. The number of rotatable bonds is 4. The van der Waals surface area contributed by atoms with Gasteiger partial charge in [-0.25, -0.2) is 4.79 Å². The van der Waals surface area contributed by atoms with Crippen molar-refractivity contribution in [1.82, 2.24) is 0 Å². The second-order valence-corrected chi connectivity index (χ2v) is 11.7. The zero-order valence-electron chi connectivity index (χ0n) is 14.1. The minimum atomic E-state index is -1.88. The summed E-state index contributed by atoms with van der Waals surface area (Å²) in [5.41, 5.74) is 7.79. The molecule has 118 valence electrons. The molecule has 5 heteroatoms. The van der Waals surface area contributed by atoms with Crippen LogP contribution in [0.25, 0.3) is 0 Å². The Kier molecular flexibility index (Phi) is 5.23. The van der Waals surface area contributed by atoms with Crippen molar-refractivity contribution in [3.8, 4) is 0 Å². The van der Waals surface area contributed by atoms with E-state index in [9.17, 15) is 4.79 Å². The minimum Gasteiger partial charge on any atom is -0.465 e. The molecule has 0 aromatic heterocycles. The standard InChI is InChI=1S/C16H27NO3Si/c1-11(20-21(6,7)16(2,3)4)12-8-13(15(18)19-5)10-14(17)9-12/h8-11H,17H2,1-7H3. The molecule has 0 heterocycles. The van der Waals surface area contributed by atoms with E-state index in [1.165, 1.54) is 7.11 Å². The van der Waals surface area contributed by atoms with Crippen LogP contribution in [0.2, 0.25) is 18.1 Å². The number of benzene rings is 1. The molecule has 0 aliphatic carbocycles. The Balaban J connectivity index is 3.06. The number of esters is 1. The van der Waals surface area contributed by atoms with E-state index in [-0.39, 0.29) is 17.1 Å². The van der Waals surface area contributed by atoms with Gasteiger partial charge in [0.05, 0.1) is 18.8 Å². The summed E-state index contributed by atoms with van der Waals surface area (Å²) in [5, 5.41) is 0.132. The summed E-state index contributed by atoms with van der Waals surface area (Å²) in [7, 11) is -0.516. The number of carbonyl (C=O) groups is 1. The Labute approximate surface area is 128 Å². The molecular weight excluding hydrogens is 282 g/mol. The number of nitrogens with two attached hydrogens (primary N) is 1. The third kappa shape index (κ3) is 4.31. The van der Waals surface area contributed by atoms with Gasteiger partial charge < -0.3 is 14.9 Å². The summed E-state index contributed by atoms with van der Waals surface area (Å²) in [6, 6.07) is 5.26. The van der Waals surface area contributed by atoms with Gasteiger partial charge in [0.25, 0.3) is 0 Å². The smallest absolute Gasteiger partial charge is 0.337 e. The number of nitrogen functional groups attached to an aromatic ring is 1. The molecule has 2 N–H and O–H groups in total. The molecule has 1 unspecified atom stereocenters. The quantitative estimate of drug-likeness (QED) is 0.516. The van der Waals surface area contributed by atoms with Gasteiger partial charge in [0, 0.05) is 5.69 Å². The third-order valence-corrected chi connectivity index (χ3v) is 8.70. The summed E-state index contributed by atoms with van der Waals surface area (Å²) >= 11 is 0. The molecule has 0 bridgehead atoms. The second-order valence-electron chi connectivity index (χ2n) is 6.90. The van der Waals surface area contributed by atoms with Crippen LogP contribution in [0.3, 0.4) is 0 Å². The minimum absolute atomic E-state index is 0.113. The Morgan fingerprint density at radius 2 is 1.81 bits per heavy atom. The van der Waals surface area contributed by atoms with Crippen molar-refractivity contribution in [1.29, 1.82) is 0 Å². The molecule has 21 heavy (non-hydrogen) atoms.